The molecular weight excluding hydrogens is 433 g/mol. The van der Waals surface area contributed by atoms with Crippen molar-refractivity contribution in [1.29, 1.82) is 0 Å². The minimum absolute atomic E-state index is 0.0990. The summed E-state index contributed by atoms with van der Waals surface area (Å²) < 4.78 is 48.2. The number of carbonyl (C=O) groups excluding carboxylic acids is 1. The molecule has 1 aromatic heterocycles. The Morgan fingerprint density at radius 1 is 1.24 bits per heavy atom. The van der Waals surface area contributed by atoms with E-state index in [9.17, 15) is 18.0 Å². The first-order valence-corrected chi connectivity index (χ1v) is 11.1. The molecule has 2 aliphatic heterocycles. The molecule has 2 N–H and O–H groups in total. The molecule has 2 aromatic carbocycles. The van der Waals surface area contributed by atoms with E-state index in [2.05, 4.69) is 15.3 Å². The Bertz CT molecular complexity index is 1140. The summed E-state index contributed by atoms with van der Waals surface area (Å²) in [7, 11) is 0. The van der Waals surface area contributed by atoms with E-state index in [0.717, 1.165) is 18.4 Å². The summed E-state index contributed by atoms with van der Waals surface area (Å²) in [6.45, 7) is 0.890. The number of benzene rings is 2. The van der Waals surface area contributed by atoms with E-state index in [1.807, 2.05) is 30.3 Å². The largest absolute Gasteiger partial charge is 0.404 e. The number of alkyl halides is 3. The minimum Gasteiger partial charge on any atom is -0.370 e. The van der Waals surface area contributed by atoms with Gasteiger partial charge in [-0.25, -0.2) is 4.98 Å². The summed E-state index contributed by atoms with van der Waals surface area (Å²) in [6, 6.07) is 14.2. The maximum absolute atomic E-state index is 14.2. The summed E-state index contributed by atoms with van der Waals surface area (Å²) in [5.74, 6) is -0.325. The zero-order valence-corrected chi connectivity index (χ0v) is 18.0. The van der Waals surface area contributed by atoms with Gasteiger partial charge in [0.2, 0.25) is 5.91 Å². The molecule has 0 spiro atoms. The maximum atomic E-state index is 14.2. The predicted molar refractivity (Wildman–Crippen MR) is 117 cm³/mol. The molecule has 2 atom stereocenters. The zero-order chi connectivity index (χ0) is 23.1. The average molecular weight is 458 g/mol. The third-order valence-corrected chi connectivity index (χ3v) is 6.57. The van der Waals surface area contributed by atoms with E-state index in [1.165, 1.54) is 0 Å². The molecule has 6 nitrogen and oxygen atoms in total. The number of ether oxygens (including phenoxy) is 1. The van der Waals surface area contributed by atoms with Crippen molar-refractivity contribution in [2.75, 3.05) is 25.0 Å². The minimum atomic E-state index is -4.66. The molecule has 2 aliphatic rings. The summed E-state index contributed by atoms with van der Waals surface area (Å²) in [5.41, 5.74) is 0.103. The van der Waals surface area contributed by atoms with E-state index < -0.39 is 17.5 Å². The van der Waals surface area contributed by atoms with Crippen LogP contribution in [-0.2, 0) is 16.1 Å². The number of fused-ring (bicyclic) bond motifs is 1. The van der Waals surface area contributed by atoms with Crippen LogP contribution in [-0.4, -0.2) is 46.6 Å². The molecule has 0 saturated carbocycles. The van der Waals surface area contributed by atoms with Gasteiger partial charge in [0.25, 0.3) is 0 Å². The van der Waals surface area contributed by atoms with Crippen LogP contribution in [0.3, 0.4) is 0 Å². The van der Waals surface area contributed by atoms with Crippen molar-refractivity contribution in [3.05, 3.63) is 59.9 Å². The second kappa shape index (κ2) is 8.46. The molecule has 0 aliphatic carbocycles. The maximum Gasteiger partial charge on any atom is 0.404 e. The molecule has 2 unspecified atom stereocenters. The third-order valence-electron chi connectivity index (χ3n) is 6.57. The Hall–Kier alpha value is -2.91. The van der Waals surface area contributed by atoms with Crippen molar-refractivity contribution in [3.8, 4) is 0 Å². The Labute approximate surface area is 189 Å². The Morgan fingerprint density at radius 2 is 2.06 bits per heavy atom. The Balaban J connectivity index is 1.34. The van der Waals surface area contributed by atoms with Crippen molar-refractivity contribution in [3.63, 3.8) is 0 Å². The summed E-state index contributed by atoms with van der Waals surface area (Å²) in [4.78, 5) is 22.4. The topological polar surface area (TPSA) is 70.2 Å². The lowest BCUT2D eigenvalue weighted by atomic mass is 9.85. The molecule has 1 amide bonds. The van der Waals surface area contributed by atoms with Gasteiger partial charge in [0, 0.05) is 25.4 Å². The number of amides is 1. The van der Waals surface area contributed by atoms with Gasteiger partial charge in [-0.05, 0) is 49.6 Å². The van der Waals surface area contributed by atoms with Gasteiger partial charge in [0.05, 0.1) is 11.0 Å². The van der Waals surface area contributed by atoms with Crippen molar-refractivity contribution in [1.82, 2.24) is 14.9 Å². The van der Waals surface area contributed by atoms with Gasteiger partial charge in [0.15, 0.2) is 5.41 Å². The lowest BCUT2D eigenvalue weighted by molar-refractivity contribution is -0.215. The highest BCUT2D eigenvalue weighted by molar-refractivity contribution is 5.97. The molecule has 3 heterocycles. The Morgan fingerprint density at radius 3 is 2.79 bits per heavy atom. The SMILES string of the molecule is O=C(Nc1ccc2nc(C3CCCO3)[nH]c2c1)C1(C(F)(F)F)CCN(Cc2ccccc2)C1. The van der Waals surface area contributed by atoms with Crippen LogP contribution in [0.2, 0.25) is 0 Å². The van der Waals surface area contributed by atoms with Gasteiger partial charge in [-0.15, -0.1) is 0 Å². The number of nitrogens with one attached hydrogen (secondary N) is 2. The molecule has 5 rings (SSSR count). The van der Waals surface area contributed by atoms with Gasteiger partial charge < -0.3 is 15.0 Å². The summed E-state index contributed by atoms with van der Waals surface area (Å²) in [6.07, 6.45) is -3.20. The fraction of sp³-hybridized carbons (Fsp3) is 0.417. The average Bonchev–Trinajstić information content (AvgIpc) is 3.53. The second-order valence-electron chi connectivity index (χ2n) is 8.84. The lowest BCUT2D eigenvalue weighted by Gasteiger charge is -2.30. The summed E-state index contributed by atoms with van der Waals surface area (Å²) in [5, 5.41) is 2.52. The number of likely N-dealkylation sites (tertiary alicyclic amines) is 1. The van der Waals surface area contributed by atoms with Crippen molar-refractivity contribution < 1.29 is 22.7 Å². The first-order chi connectivity index (χ1) is 15.8. The Kier molecular flexibility index (Phi) is 5.62. The molecular formula is C24H25F3N4O2. The molecule has 0 radical (unpaired) electrons. The number of nitrogens with zero attached hydrogens (tertiary/aromatic N) is 2. The highest BCUT2D eigenvalue weighted by Gasteiger charge is 2.63. The van der Waals surface area contributed by atoms with Crippen LogP contribution in [0.25, 0.3) is 11.0 Å². The smallest absolute Gasteiger partial charge is 0.370 e. The number of anilines is 1. The van der Waals surface area contributed by atoms with Crippen LogP contribution in [0.1, 0.15) is 36.8 Å². The molecule has 2 fully saturated rings. The highest BCUT2D eigenvalue weighted by Crippen LogP contribution is 2.46. The zero-order valence-electron chi connectivity index (χ0n) is 18.0. The van der Waals surface area contributed by atoms with E-state index in [0.29, 0.717) is 35.7 Å². The van der Waals surface area contributed by atoms with E-state index in [1.54, 1.807) is 23.1 Å². The van der Waals surface area contributed by atoms with Gasteiger partial charge in [-0.2, -0.15) is 13.2 Å². The normalized spacial score (nSPS) is 23.9. The number of aromatic nitrogens is 2. The fourth-order valence-corrected chi connectivity index (χ4v) is 4.71. The van der Waals surface area contributed by atoms with E-state index in [-0.39, 0.29) is 25.6 Å². The first-order valence-electron chi connectivity index (χ1n) is 11.1. The number of carbonyl (C=O) groups is 1. The fourth-order valence-electron chi connectivity index (χ4n) is 4.71. The van der Waals surface area contributed by atoms with Crippen molar-refractivity contribution >= 4 is 22.6 Å². The van der Waals surface area contributed by atoms with Gasteiger partial charge in [-0.1, -0.05) is 30.3 Å². The first kappa shape index (κ1) is 21.9. The molecule has 0 bridgehead atoms. The molecule has 3 aromatic rings. The van der Waals surface area contributed by atoms with Crippen molar-refractivity contribution in [2.45, 2.75) is 38.1 Å². The second-order valence-corrected chi connectivity index (χ2v) is 8.84. The number of hydrogen-bond acceptors (Lipinski definition) is 4. The van der Waals surface area contributed by atoms with Crippen LogP contribution in [0, 0.1) is 5.41 Å². The van der Waals surface area contributed by atoms with E-state index >= 15 is 0 Å². The lowest BCUT2D eigenvalue weighted by Crippen LogP contribution is -2.49. The number of aromatic amines is 1. The van der Waals surface area contributed by atoms with Crippen LogP contribution < -0.4 is 5.32 Å². The number of hydrogen-bond donors (Lipinski definition) is 2. The number of imidazole rings is 1. The third kappa shape index (κ3) is 4.22. The van der Waals surface area contributed by atoms with Gasteiger partial charge >= 0.3 is 6.18 Å². The summed E-state index contributed by atoms with van der Waals surface area (Å²) >= 11 is 0. The molecule has 9 heteroatoms. The van der Waals surface area contributed by atoms with Crippen LogP contribution >= 0.6 is 0 Å². The highest BCUT2D eigenvalue weighted by atomic mass is 19.4. The van der Waals surface area contributed by atoms with Crippen LogP contribution in [0.5, 0.6) is 0 Å². The predicted octanol–water partition coefficient (Wildman–Crippen LogP) is 4.81. The molecule has 174 valence electrons. The van der Waals surface area contributed by atoms with E-state index in [4.69, 9.17) is 4.74 Å². The quantitative estimate of drug-likeness (QED) is 0.576. The van der Waals surface area contributed by atoms with Crippen LogP contribution in [0.4, 0.5) is 18.9 Å². The van der Waals surface area contributed by atoms with Gasteiger partial charge in [0.1, 0.15) is 11.9 Å². The molecule has 2 saturated heterocycles. The number of H-pyrrole nitrogens is 1. The number of halogens is 3. The number of rotatable bonds is 5. The monoisotopic (exact) mass is 458 g/mol. The van der Waals surface area contributed by atoms with Crippen LogP contribution in [0.15, 0.2) is 48.5 Å². The molecule has 33 heavy (non-hydrogen) atoms. The standard InChI is InChI=1S/C24H25F3N4O2/c25-24(26,27)23(10-11-31(15-23)14-16-5-2-1-3-6-16)22(32)28-17-8-9-18-19(13-17)30-21(29-18)20-7-4-12-33-20/h1-3,5-6,8-9,13,20H,4,7,10-12,14-15H2,(H,28,32)(H,29,30). The van der Waals surface area contributed by atoms with Gasteiger partial charge in [-0.3, -0.25) is 9.69 Å². The van der Waals surface area contributed by atoms with Crippen molar-refractivity contribution in [2.24, 2.45) is 5.41 Å².